The van der Waals surface area contributed by atoms with Gasteiger partial charge in [-0.1, -0.05) is 12.1 Å². The third-order valence-electron chi connectivity index (χ3n) is 5.64. The van der Waals surface area contributed by atoms with Gasteiger partial charge in [-0.25, -0.2) is 14.8 Å². The summed E-state index contributed by atoms with van der Waals surface area (Å²) in [6.45, 7) is 5.63. The van der Waals surface area contributed by atoms with Gasteiger partial charge in [0, 0.05) is 12.6 Å². The summed E-state index contributed by atoms with van der Waals surface area (Å²) in [6.07, 6.45) is -4.60. The van der Waals surface area contributed by atoms with E-state index in [2.05, 4.69) is 25.6 Å². The fourth-order valence-corrected chi connectivity index (χ4v) is 5.17. The second-order valence-corrected chi connectivity index (χ2v) is 10.9. The summed E-state index contributed by atoms with van der Waals surface area (Å²) in [6, 6.07) is 6.75. The number of nitrogens with zero attached hydrogens (tertiary/aromatic N) is 4. The van der Waals surface area contributed by atoms with Crippen LogP contribution in [0.3, 0.4) is 0 Å². The molecule has 2 atom stereocenters. The zero-order valence-electron chi connectivity index (χ0n) is 20.9. The van der Waals surface area contributed by atoms with Crippen LogP contribution in [0.4, 0.5) is 29.7 Å². The maximum absolute atomic E-state index is 12.8. The van der Waals surface area contributed by atoms with Crippen LogP contribution >= 0.6 is 11.3 Å². The van der Waals surface area contributed by atoms with Crippen LogP contribution in [-0.2, 0) is 4.74 Å². The summed E-state index contributed by atoms with van der Waals surface area (Å²) in [5.41, 5.74) is 1.09. The van der Waals surface area contributed by atoms with Gasteiger partial charge in [-0.3, -0.25) is 0 Å². The Balaban J connectivity index is 1.67. The van der Waals surface area contributed by atoms with Crippen molar-refractivity contribution in [3.8, 4) is 10.6 Å². The van der Waals surface area contributed by atoms with E-state index in [1.807, 2.05) is 24.3 Å². The molecular weight excluding hydrogens is 509 g/mol. The van der Waals surface area contributed by atoms with Crippen LogP contribution in [0.15, 0.2) is 24.3 Å². The third-order valence-corrected chi connectivity index (χ3v) is 6.69. The second kappa shape index (κ2) is 10.3. The minimum Gasteiger partial charge on any atom is -0.444 e. The lowest BCUT2D eigenvalue weighted by Crippen LogP contribution is -2.41. The highest BCUT2D eigenvalue weighted by Crippen LogP contribution is 2.37. The highest BCUT2D eigenvalue weighted by atomic mass is 32.1. The Morgan fingerprint density at radius 1 is 1.22 bits per heavy atom. The van der Waals surface area contributed by atoms with Crippen molar-refractivity contribution in [3.05, 3.63) is 30.0 Å². The molecule has 9 nitrogen and oxygen atoms in total. The summed E-state index contributed by atoms with van der Waals surface area (Å²) in [4.78, 5) is 27.5. The van der Waals surface area contributed by atoms with Crippen molar-refractivity contribution in [2.45, 2.75) is 58.0 Å². The number of rotatable bonds is 6. The highest BCUT2D eigenvalue weighted by molar-refractivity contribution is 7.21. The number of aromatic nitrogens is 3. The molecule has 13 heteroatoms. The number of hydrogen-bond acceptors (Lipinski definition) is 9. The SMILES string of the molecule is Cc1nc(NCC(F)(F)F)nc(N[C@@H]2C[C@H](CO)N(C(=O)OC(C)(C)C)C2)c1-c1nc2ccccc2s1. The van der Waals surface area contributed by atoms with Gasteiger partial charge in [-0.2, -0.15) is 18.2 Å². The standard InChI is InChI=1S/C24H29F3N6O3S/c1-13-18(20-31-16-7-5-6-8-17(16)37-20)19(32-21(29-13)28-12-24(25,26)27)30-14-9-15(11-34)33(10-14)22(35)36-23(2,3)4/h5-8,14-15,34H,9-12H2,1-4H3,(H2,28,29,30,32)/t14-,15-/m1/s1. The molecule has 0 unspecified atom stereocenters. The number of aryl methyl sites for hydroxylation is 1. The molecule has 0 spiro atoms. The number of likely N-dealkylation sites (tertiary alicyclic amines) is 1. The number of nitrogens with one attached hydrogen (secondary N) is 2. The number of hydrogen-bond donors (Lipinski definition) is 3. The molecule has 0 bridgehead atoms. The topological polar surface area (TPSA) is 112 Å². The van der Waals surface area contributed by atoms with E-state index < -0.39 is 30.5 Å². The van der Waals surface area contributed by atoms with E-state index in [1.165, 1.54) is 16.2 Å². The lowest BCUT2D eigenvalue weighted by Gasteiger charge is -2.27. The normalized spacial score (nSPS) is 18.3. The number of ether oxygens (including phenoxy) is 1. The Hall–Kier alpha value is -3.19. The quantitative estimate of drug-likeness (QED) is 0.410. The van der Waals surface area contributed by atoms with Gasteiger partial charge in [0.25, 0.3) is 0 Å². The molecule has 1 fully saturated rings. The van der Waals surface area contributed by atoms with E-state index in [1.54, 1.807) is 27.7 Å². The summed E-state index contributed by atoms with van der Waals surface area (Å²) >= 11 is 1.42. The van der Waals surface area contributed by atoms with Gasteiger partial charge in [0.05, 0.1) is 34.1 Å². The summed E-state index contributed by atoms with van der Waals surface area (Å²) in [7, 11) is 0. The van der Waals surface area contributed by atoms with Crippen LogP contribution in [0, 0.1) is 6.92 Å². The number of fused-ring (bicyclic) bond motifs is 1. The molecular formula is C24H29F3N6O3S. The average molecular weight is 539 g/mol. The van der Waals surface area contributed by atoms with Crippen LogP contribution in [0.25, 0.3) is 20.8 Å². The van der Waals surface area contributed by atoms with Crippen molar-refractivity contribution in [2.75, 3.05) is 30.3 Å². The van der Waals surface area contributed by atoms with Gasteiger partial charge >= 0.3 is 12.3 Å². The molecule has 1 saturated heterocycles. The number of anilines is 2. The number of carbonyl (C=O) groups is 1. The first-order valence-electron chi connectivity index (χ1n) is 11.7. The number of halogens is 3. The lowest BCUT2D eigenvalue weighted by atomic mass is 10.1. The molecule has 1 aliphatic heterocycles. The summed E-state index contributed by atoms with van der Waals surface area (Å²) < 4.78 is 44.9. The van der Waals surface area contributed by atoms with Crippen molar-refractivity contribution in [1.29, 1.82) is 0 Å². The van der Waals surface area contributed by atoms with E-state index >= 15 is 0 Å². The minimum atomic E-state index is -4.44. The molecule has 3 heterocycles. The van der Waals surface area contributed by atoms with Crippen molar-refractivity contribution < 1.29 is 27.8 Å². The van der Waals surface area contributed by atoms with E-state index in [9.17, 15) is 23.1 Å². The monoisotopic (exact) mass is 538 g/mol. The van der Waals surface area contributed by atoms with E-state index in [0.717, 1.165) is 10.2 Å². The molecule has 1 aromatic carbocycles. The first-order valence-corrected chi connectivity index (χ1v) is 12.6. The molecule has 2 aromatic heterocycles. The average Bonchev–Trinajstić information content (AvgIpc) is 3.39. The fourth-order valence-electron chi connectivity index (χ4n) is 4.10. The number of thiazole rings is 1. The van der Waals surface area contributed by atoms with Crippen molar-refractivity contribution in [2.24, 2.45) is 0 Å². The number of amides is 1. The predicted molar refractivity (Wildman–Crippen MR) is 136 cm³/mol. The number of aliphatic hydroxyl groups is 1. The van der Waals surface area contributed by atoms with Gasteiger partial charge in [0.2, 0.25) is 5.95 Å². The lowest BCUT2D eigenvalue weighted by molar-refractivity contribution is -0.115. The zero-order chi connectivity index (χ0) is 27.0. The van der Waals surface area contributed by atoms with Crippen LogP contribution in [0.5, 0.6) is 0 Å². The van der Waals surface area contributed by atoms with Gasteiger partial charge in [0.15, 0.2) is 0 Å². The maximum atomic E-state index is 12.8. The molecule has 3 N–H and O–H groups in total. The molecule has 1 amide bonds. The van der Waals surface area contributed by atoms with Gasteiger partial charge in [-0.05, 0) is 46.2 Å². The van der Waals surface area contributed by atoms with Crippen molar-refractivity contribution in [3.63, 3.8) is 0 Å². The molecule has 200 valence electrons. The summed E-state index contributed by atoms with van der Waals surface area (Å²) in [5.74, 6) is 0.117. The van der Waals surface area contributed by atoms with Crippen molar-refractivity contribution in [1.82, 2.24) is 19.9 Å². The number of alkyl halides is 3. The molecule has 1 aliphatic rings. The maximum Gasteiger partial charge on any atom is 0.410 e. The predicted octanol–water partition coefficient (Wildman–Crippen LogP) is 4.82. The Labute approximate surface area is 216 Å². The Bertz CT molecular complexity index is 1240. The van der Waals surface area contributed by atoms with E-state index in [0.29, 0.717) is 28.5 Å². The van der Waals surface area contributed by atoms with Crippen LogP contribution < -0.4 is 10.6 Å². The molecule has 4 rings (SSSR count). The van der Waals surface area contributed by atoms with Crippen molar-refractivity contribution >= 4 is 39.4 Å². The van der Waals surface area contributed by atoms with Crippen LogP contribution in [0.2, 0.25) is 0 Å². The smallest absolute Gasteiger partial charge is 0.410 e. The fraction of sp³-hybridized carbons (Fsp3) is 0.500. The summed E-state index contributed by atoms with van der Waals surface area (Å²) in [5, 5.41) is 16.0. The number of aliphatic hydroxyl groups excluding tert-OH is 1. The number of para-hydroxylation sites is 1. The third kappa shape index (κ3) is 6.58. The first kappa shape index (κ1) is 26.9. The van der Waals surface area contributed by atoms with Gasteiger partial charge < -0.3 is 25.4 Å². The second-order valence-electron chi connectivity index (χ2n) is 9.86. The largest absolute Gasteiger partial charge is 0.444 e. The Morgan fingerprint density at radius 2 is 1.95 bits per heavy atom. The van der Waals surface area contributed by atoms with Gasteiger partial charge in [-0.15, -0.1) is 11.3 Å². The first-order chi connectivity index (χ1) is 17.3. The molecule has 0 saturated carbocycles. The molecule has 0 radical (unpaired) electrons. The van der Waals surface area contributed by atoms with Crippen LogP contribution in [0.1, 0.15) is 32.9 Å². The molecule has 3 aromatic rings. The van der Waals surface area contributed by atoms with E-state index in [4.69, 9.17) is 4.74 Å². The van der Waals surface area contributed by atoms with Crippen LogP contribution in [-0.4, -0.2) is 74.6 Å². The number of carbonyl (C=O) groups excluding carboxylic acids is 1. The zero-order valence-corrected chi connectivity index (χ0v) is 21.7. The highest BCUT2D eigenvalue weighted by Gasteiger charge is 2.38. The Morgan fingerprint density at radius 3 is 2.59 bits per heavy atom. The minimum absolute atomic E-state index is 0.178. The molecule has 0 aliphatic carbocycles. The molecule has 37 heavy (non-hydrogen) atoms. The van der Waals surface area contributed by atoms with Gasteiger partial charge in [0.1, 0.15) is 23.0 Å². The van der Waals surface area contributed by atoms with E-state index in [-0.39, 0.29) is 25.1 Å². The Kier molecular flexibility index (Phi) is 7.47. The number of benzene rings is 1.